The third-order valence-corrected chi connectivity index (χ3v) is 5.63. The number of anilines is 3. The molecule has 1 aliphatic heterocycles. The zero-order chi connectivity index (χ0) is 22.7. The minimum absolute atomic E-state index is 0.0274. The van der Waals surface area contributed by atoms with E-state index in [1.807, 2.05) is 36.1 Å². The Morgan fingerprint density at radius 2 is 2.06 bits per heavy atom. The van der Waals surface area contributed by atoms with E-state index in [4.69, 9.17) is 11.0 Å². The van der Waals surface area contributed by atoms with E-state index in [9.17, 15) is 9.18 Å². The topological polar surface area (TPSA) is 108 Å². The molecule has 1 amide bonds. The van der Waals surface area contributed by atoms with Gasteiger partial charge in [-0.3, -0.25) is 4.79 Å². The highest BCUT2D eigenvalue weighted by molar-refractivity contribution is 5.93. The summed E-state index contributed by atoms with van der Waals surface area (Å²) in [6.45, 7) is 3.18. The maximum Gasteiger partial charge on any atom is 0.229 e. The van der Waals surface area contributed by atoms with Crippen LogP contribution in [0.5, 0.6) is 0 Å². The summed E-state index contributed by atoms with van der Waals surface area (Å²) < 4.78 is 14.1. The van der Waals surface area contributed by atoms with E-state index < -0.39 is 5.82 Å². The second-order valence-corrected chi connectivity index (χ2v) is 7.87. The Morgan fingerprint density at radius 1 is 1.25 bits per heavy atom. The van der Waals surface area contributed by atoms with Crippen LogP contribution in [0.2, 0.25) is 0 Å². The Labute approximate surface area is 185 Å². The molecule has 0 bridgehead atoms. The van der Waals surface area contributed by atoms with Gasteiger partial charge in [0, 0.05) is 30.4 Å². The monoisotopic (exact) mass is 430 g/mol. The molecule has 3 aromatic rings. The Hall–Kier alpha value is -3.99. The summed E-state index contributed by atoms with van der Waals surface area (Å²) in [4.78, 5) is 23.5. The van der Waals surface area contributed by atoms with Crippen molar-refractivity contribution in [3.8, 4) is 17.3 Å². The number of para-hydroxylation sites is 1. The number of nitrogens with two attached hydrogens (primary N) is 1. The lowest BCUT2D eigenvalue weighted by Crippen LogP contribution is -2.41. The van der Waals surface area contributed by atoms with Crippen molar-refractivity contribution >= 4 is 23.4 Å². The second kappa shape index (κ2) is 9.02. The smallest absolute Gasteiger partial charge is 0.229 e. The number of aryl methyl sites for hydroxylation is 1. The molecule has 2 heterocycles. The second-order valence-electron chi connectivity index (χ2n) is 7.87. The number of nitriles is 1. The number of hydrogen-bond acceptors (Lipinski definition) is 6. The third kappa shape index (κ3) is 4.52. The SMILES string of the molecule is Cc1ccccc1NC(=O)C1CCCN(c2cc(-c3ccc(C#N)c(F)c3)nc(N)n2)C1. The van der Waals surface area contributed by atoms with Crippen molar-refractivity contribution in [3.05, 3.63) is 65.5 Å². The van der Waals surface area contributed by atoms with Crippen molar-refractivity contribution in [1.29, 1.82) is 5.26 Å². The summed E-state index contributed by atoms with van der Waals surface area (Å²) in [5, 5.41) is 12.0. The number of rotatable bonds is 4. The number of nitrogens with one attached hydrogen (secondary N) is 1. The van der Waals surface area contributed by atoms with Gasteiger partial charge in [0.15, 0.2) is 0 Å². The standard InChI is InChI=1S/C24H23FN6O/c1-15-5-2-3-7-20(15)28-23(32)18-6-4-10-31(14-18)22-12-21(29-24(27)30-22)16-8-9-17(13-26)19(25)11-16/h2-3,5,7-9,11-12,18H,4,6,10,14H2,1H3,(H,28,32)(H2,27,29,30). The molecule has 8 heteroatoms. The van der Waals surface area contributed by atoms with Gasteiger partial charge < -0.3 is 16.0 Å². The molecule has 162 valence electrons. The number of nitrogen functional groups attached to an aromatic ring is 1. The predicted octanol–water partition coefficient (Wildman–Crippen LogP) is 3.90. The molecule has 1 aromatic heterocycles. The van der Waals surface area contributed by atoms with E-state index in [1.165, 1.54) is 12.1 Å². The van der Waals surface area contributed by atoms with Crippen molar-refractivity contribution in [1.82, 2.24) is 9.97 Å². The summed E-state index contributed by atoms with van der Waals surface area (Å²) in [6, 6.07) is 15.5. The maximum atomic E-state index is 14.1. The van der Waals surface area contributed by atoms with E-state index in [2.05, 4.69) is 15.3 Å². The number of amides is 1. The van der Waals surface area contributed by atoms with Crippen molar-refractivity contribution in [3.63, 3.8) is 0 Å². The van der Waals surface area contributed by atoms with Gasteiger partial charge >= 0.3 is 0 Å². The highest BCUT2D eigenvalue weighted by atomic mass is 19.1. The molecule has 32 heavy (non-hydrogen) atoms. The zero-order valence-electron chi connectivity index (χ0n) is 17.7. The quantitative estimate of drug-likeness (QED) is 0.650. The lowest BCUT2D eigenvalue weighted by molar-refractivity contribution is -0.120. The van der Waals surface area contributed by atoms with E-state index in [-0.39, 0.29) is 23.3 Å². The lowest BCUT2D eigenvalue weighted by Gasteiger charge is -2.33. The Kier molecular flexibility index (Phi) is 5.99. The van der Waals surface area contributed by atoms with E-state index in [0.29, 0.717) is 23.6 Å². The molecular formula is C24H23FN6O. The number of halogens is 1. The van der Waals surface area contributed by atoms with Crippen LogP contribution in [0.1, 0.15) is 24.0 Å². The van der Waals surface area contributed by atoms with Crippen LogP contribution >= 0.6 is 0 Å². The summed E-state index contributed by atoms with van der Waals surface area (Å²) in [5.41, 5.74) is 8.69. The van der Waals surface area contributed by atoms with Crippen LogP contribution in [0.4, 0.5) is 21.8 Å². The molecule has 3 N–H and O–H groups in total. The molecule has 4 rings (SSSR count). The number of hydrogen-bond donors (Lipinski definition) is 2. The van der Waals surface area contributed by atoms with E-state index in [1.54, 1.807) is 18.2 Å². The first-order valence-electron chi connectivity index (χ1n) is 10.4. The minimum atomic E-state index is -0.616. The first-order valence-corrected chi connectivity index (χ1v) is 10.4. The van der Waals surface area contributed by atoms with Crippen LogP contribution in [0, 0.1) is 30.0 Å². The molecule has 0 saturated carbocycles. The van der Waals surface area contributed by atoms with Gasteiger partial charge in [-0.1, -0.05) is 24.3 Å². The number of carbonyl (C=O) groups is 1. The molecule has 0 spiro atoms. The largest absolute Gasteiger partial charge is 0.368 e. The maximum absolute atomic E-state index is 14.1. The first kappa shape index (κ1) is 21.2. The number of piperidine rings is 1. The zero-order valence-corrected chi connectivity index (χ0v) is 17.7. The summed E-state index contributed by atoms with van der Waals surface area (Å²) in [6.07, 6.45) is 1.61. The third-order valence-electron chi connectivity index (χ3n) is 5.63. The molecule has 2 aromatic carbocycles. The lowest BCUT2D eigenvalue weighted by atomic mass is 9.96. The van der Waals surface area contributed by atoms with Gasteiger partial charge in [-0.2, -0.15) is 10.2 Å². The van der Waals surface area contributed by atoms with Gasteiger partial charge in [0.1, 0.15) is 17.7 Å². The molecule has 1 atom stereocenters. The predicted molar refractivity (Wildman–Crippen MR) is 121 cm³/mol. The molecule has 1 unspecified atom stereocenters. The molecule has 1 saturated heterocycles. The Bertz CT molecular complexity index is 1210. The van der Waals surface area contributed by atoms with Gasteiger partial charge in [0.25, 0.3) is 0 Å². The van der Waals surface area contributed by atoms with Crippen LogP contribution in [0.15, 0.2) is 48.5 Å². The van der Waals surface area contributed by atoms with Gasteiger partial charge in [0.2, 0.25) is 11.9 Å². The van der Waals surface area contributed by atoms with Crippen LogP contribution in [-0.2, 0) is 4.79 Å². The van der Waals surface area contributed by atoms with Crippen molar-refractivity contribution < 1.29 is 9.18 Å². The molecule has 0 radical (unpaired) electrons. The van der Waals surface area contributed by atoms with Gasteiger partial charge in [-0.15, -0.1) is 0 Å². The number of nitrogens with zero attached hydrogens (tertiary/aromatic N) is 4. The summed E-state index contributed by atoms with van der Waals surface area (Å²) in [7, 11) is 0. The Balaban J connectivity index is 1.54. The molecule has 1 fully saturated rings. The van der Waals surface area contributed by atoms with Crippen LogP contribution < -0.4 is 16.0 Å². The first-order chi connectivity index (χ1) is 15.4. The van der Waals surface area contributed by atoms with Crippen molar-refractivity contribution in [2.45, 2.75) is 19.8 Å². The van der Waals surface area contributed by atoms with E-state index in [0.717, 1.165) is 30.6 Å². The van der Waals surface area contributed by atoms with Gasteiger partial charge in [0.05, 0.1) is 17.2 Å². The van der Waals surface area contributed by atoms with Gasteiger partial charge in [-0.05, 0) is 43.5 Å². The average Bonchev–Trinajstić information content (AvgIpc) is 2.80. The molecule has 0 aliphatic carbocycles. The van der Waals surface area contributed by atoms with E-state index >= 15 is 0 Å². The fraction of sp³-hybridized carbons (Fsp3) is 0.250. The number of benzene rings is 2. The van der Waals surface area contributed by atoms with Crippen molar-refractivity contribution in [2.75, 3.05) is 29.0 Å². The van der Waals surface area contributed by atoms with Crippen LogP contribution in [-0.4, -0.2) is 29.0 Å². The summed E-state index contributed by atoms with van der Waals surface area (Å²) >= 11 is 0. The van der Waals surface area contributed by atoms with Crippen LogP contribution in [0.3, 0.4) is 0 Å². The average molecular weight is 430 g/mol. The minimum Gasteiger partial charge on any atom is -0.368 e. The highest BCUT2D eigenvalue weighted by Gasteiger charge is 2.27. The van der Waals surface area contributed by atoms with Crippen LogP contribution in [0.25, 0.3) is 11.3 Å². The molecular weight excluding hydrogens is 407 g/mol. The van der Waals surface area contributed by atoms with Crippen molar-refractivity contribution in [2.24, 2.45) is 5.92 Å². The fourth-order valence-electron chi connectivity index (χ4n) is 3.87. The highest BCUT2D eigenvalue weighted by Crippen LogP contribution is 2.28. The number of aromatic nitrogens is 2. The number of carbonyl (C=O) groups excluding carboxylic acids is 1. The molecule has 1 aliphatic rings. The molecule has 7 nitrogen and oxygen atoms in total. The summed E-state index contributed by atoms with van der Waals surface area (Å²) in [5.74, 6) is -0.190. The van der Waals surface area contributed by atoms with Gasteiger partial charge in [-0.25, -0.2) is 9.37 Å². The Morgan fingerprint density at radius 3 is 2.81 bits per heavy atom. The normalized spacial score (nSPS) is 15.8. The fourth-order valence-corrected chi connectivity index (χ4v) is 3.87.